The van der Waals surface area contributed by atoms with Crippen molar-refractivity contribution < 1.29 is 9.84 Å². The number of aromatic nitrogens is 1. The molecule has 19 heavy (non-hydrogen) atoms. The molecule has 1 atom stereocenters. The number of hydrogen-bond acceptors (Lipinski definition) is 3. The van der Waals surface area contributed by atoms with E-state index in [1.807, 2.05) is 19.1 Å². The Balaban J connectivity index is 2.25. The summed E-state index contributed by atoms with van der Waals surface area (Å²) in [6.45, 7) is 1.98. The number of aliphatic hydroxyl groups excluding tert-OH is 1. The minimum atomic E-state index is -0.666. The van der Waals surface area contributed by atoms with Gasteiger partial charge in [-0.3, -0.25) is 4.98 Å². The molecular weight excluding hydrogens is 262 g/mol. The predicted octanol–water partition coefficient (Wildman–Crippen LogP) is 3.33. The van der Waals surface area contributed by atoms with Crippen LogP contribution in [0.15, 0.2) is 36.5 Å². The van der Waals surface area contributed by atoms with Crippen molar-refractivity contribution in [3.8, 4) is 5.75 Å². The highest BCUT2D eigenvalue weighted by atomic mass is 35.5. The van der Waals surface area contributed by atoms with Crippen molar-refractivity contribution in [1.29, 1.82) is 0 Å². The van der Waals surface area contributed by atoms with Gasteiger partial charge < -0.3 is 9.84 Å². The van der Waals surface area contributed by atoms with Gasteiger partial charge in [0.15, 0.2) is 0 Å². The third-order valence-electron chi connectivity index (χ3n) is 3.06. The van der Waals surface area contributed by atoms with Crippen LogP contribution in [0.4, 0.5) is 0 Å². The molecule has 3 nitrogen and oxygen atoms in total. The first-order chi connectivity index (χ1) is 9.11. The summed E-state index contributed by atoms with van der Waals surface area (Å²) in [6.07, 6.45) is 1.51. The molecule has 100 valence electrons. The van der Waals surface area contributed by atoms with Crippen LogP contribution in [0.3, 0.4) is 0 Å². The second-order valence-corrected chi connectivity index (χ2v) is 4.81. The Morgan fingerprint density at radius 1 is 1.37 bits per heavy atom. The van der Waals surface area contributed by atoms with E-state index in [2.05, 4.69) is 4.98 Å². The Morgan fingerprint density at radius 2 is 2.16 bits per heavy atom. The molecule has 0 amide bonds. The Hall–Kier alpha value is -1.58. The minimum Gasteiger partial charge on any atom is -0.496 e. The van der Waals surface area contributed by atoms with Crippen LogP contribution in [0.25, 0.3) is 0 Å². The van der Waals surface area contributed by atoms with Crippen molar-refractivity contribution in [3.63, 3.8) is 0 Å². The van der Waals surface area contributed by atoms with Crippen LogP contribution in [0, 0.1) is 6.92 Å². The largest absolute Gasteiger partial charge is 0.496 e. The average molecular weight is 278 g/mol. The molecule has 2 rings (SSSR count). The first-order valence-electron chi connectivity index (χ1n) is 6.04. The lowest BCUT2D eigenvalue weighted by Crippen LogP contribution is -2.06. The Labute approximate surface area is 117 Å². The zero-order valence-corrected chi connectivity index (χ0v) is 11.7. The third kappa shape index (κ3) is 3.25. The van der Waals surface area contributed by atoms with Crippen molar-refractivity contribution in [2.45, 2.75) is 19.4 Å². The molecule has 0 fully saturated rings. The normalized spacial score (nSPS) is 12.2. The van der Waals surface area contributed by atoms with Crippen LogP contribution in [-0.4, -0.2) is 17.2 Å². The smallest absolute Gasteiger partial charge is 0.126 e. The van der Waals surface area contributed by atoms with Crippen molar-refractivity contribution in [2.75, 3.05) is 7.11 Å². The van der Waals surface area contributed by atoms with E-state index in [4.69, 9.17) is 16.3 Å². The highest BCUT2D eigenvalue weighted by Crippen LogP contribution is 2.30. The zero-order chi connectivity index (χ0) is 13.8. The summed E-state index contributed by atoms with van der Waals surface area (Å²) in [7, 11) is 1.56. The van der Waals surface area contributed by atoms with Crippen molar-refractivity contribution >= 4 is 11.6 Å². The lowest BCUT2D eigenvalue weighted by molar-refractivity contribution is 0.172. The van der Waals surface area contributed by atoms with Crippen LogP contribution in [-0.2, 0) is 6.42 Å². The highest BCUT2D eigenvalue weighted by molar-refractivity contribution is 6.30. The molecule has 1 aromatic carbocycles. The van der Waals surface area contributed by atoms with Crippen molar-refractivity contribution in [1.82, 2.24) is 4.98 Å². The van der Waals surface area contributed by atoms with E-state index in [1.54, 1.807) is 31.5 Å². The van der Waals surface area contributed by atoms with E-state index < -0.39 is 6.10 Å². The number of pyridine rings is 1. The summed E-state index contributed by atoms with van der Waals surface area (Å²) in [5, 5.41) is 10.9. The standard InChI is InChI=1S/C15H16ClNO2/c1-10-4-3-7-17-13(10)9-14(18)12-6-5-11(16)8-15(12)19-2/h3-8,14,18H,9H2,1-2H3. The second kappa shape index (κ2) is 6.04. The van der Waals surface area contributed by atoms with E-state index >= 15 is 0 Å². The number of ether oxygens (including phenoxy) is 1. The van der Waals surface area contributed by atoms with E-state index in [-0.39, 0.29) is 0 Å². The molecule has 2 aromatic rings. The number of nitrogens with zero attached hydrogens (tertiary/aromatic N) is 1. The van der Waals surface area contributed by atoms with E-state index in [1.165, 1.54) is 0 Å². The number of benzene rings is 1. The first-order valence-corrected chi connectivity index (χ1v) is 6.41. The number of hydrogen-bond donors (Lipinski definition) is 1. The van der Waals surface area contributed by atoms with Gasteiger partial charge in [0.25, 0.3) is 0 Å². The molecule has 1 aromatic heterocycles. The fraction of sp³-hybridized carbons (Fsp3) is 0.267. The van der Waals surface area contributed by atoms with Gasteiger partial charge in [-0.1, -0.05) is 23.7 Å². The lowest BCUT2D eigenvalue weighted by atomic mass is 10.0. The van der Waals surface area contributed by atoms with E-state index in [0.717, 1.165) is 16.8 Å². The summed E-state index contributed by atoms with van der Waals surface area (Å²) in [5.41, 5.74) is 2.67. The topological polar surface area (TPSA) is 42.4 Å². The van der Waals surface area contributed by atoms with Crippen LogP contribution >= 0.6 is 11.6 Å². The second-order valence-electron chi connectivity index (χ2n) is 4.37. The average Bonchev–Trinajstić information content (AvgIpc) is 2.41. The fourth-order valence-corrected chi connectivity index (χ4v) is 2.15. The van der Waals surface area contributed by atoms with Gasteiger partial charge in [0.2, 0.25) is 0 Å². The Kier molecular flexibility index (Phi) is 4.40. The van der Waals surface area contributed by atoms with Gasteiger partial charge in [0, 0.05) is 28.9 Å². The maximum Gasteiger partial charge on any atom is 0.126 e. The predicted molar refractivity (Wildman–Crippen MR) is 75.6 cm³/mol. The number of rotatable bonds is 4. The molecular formula is C15H16ClNO2. The van der Waals surface area contributed by atoms with Crippen molar-refractivity contribution in [3.05, 3.63) is 58.4 Å². The SMILES string of the molecule is COc1cc(Cl)ccc1C(O)Cc1ncccc1C. The number of halogens is 1. The molecule has 1 N–H and O–H groups in total. The van der Waals surface area contributed by atoms with E-state index in [0.29, 0.717) is 17.2 Å². The van der Waals surface area contributed by atoms with Crippen LogP contribution in [0.2, 0.25) is 5.02 Å². The first kappa shape index (κ1) is 13.8. The fourth-order valence-electron chi connectivity index (χ4n) is 1.99. The molecule has 0 aliphatic heterocycles. The van der Waals surface area contributed by atoms with Gasteiger partial charge in [0.05, 0.1) is 13.2 Å². The highest BCUT2D eigenvalue weighted by Gasteiger charge is 2.15. The molecule has 0 aliphatic carbocycles. The zero-order valence-electron chi connectivity index (χ0n) is 10.9. The molecule has 0 saturated heterocycles. The number of methoxy groups -OCH3 is 1. The van der Waals surface area contributed by atoms with Gasteiger partial charge >= 0.3 is 0 Å². The quantitative estimate of drug-likeness (QED) is 0.932. The van der Waals surface area contributed by atoms with Crippen LogP contribution in [0.5, 0.6) is 5.75 Å². The molecule has 0 spiro atoms. The monoisotopic (exact) mass is 277 g/mol. The Bertz CT molecular complexity index is 572. The summed E-state index contributed by atoms with van der Waals surface area (Å²) < 4.78 is 5.25. The summed E-state index contributed by atoms with van der Waals surface area (Å²) >= 11 is 5.91. The Morgan fingerprint density at radius 3 is 2.84 bits per heavy atom. The van der Waals surface area contributed by atoms with Crippen LogP contribution in [0.1, 0.15) is 22.9 Å². The summed E-state index contributed by atoms with van der Waals surface area (Å²) in [5.74, 6) is 0.591. The molecule has 0 saturated carbocycles. The van der Waals surface area contributed by atoms with E-state index in [9.17, 15) is 5.11 Å². The maximum absolute atomic E-state index is 10.3. The molecule has 1 unspecified atom stereocenters. The molecule has 1 heterocycles. The summed E-state index contributed by atoms with van der Waals surface area (Å²) in [6, 6.07) is 9.09. The lowest BCUT2D eigenvalue weighted by Gasteiger charge is -2.15. The number of aryl methyl sites for hydroxylation is 1. The number of aliphatic hydroxyl groups is 1. The third-order valence-corrected chi connectivity index (χ3v) is 3.29. The molecule has 0 radical (unpaired) electrons. The van der Waals surface area contributed by atoms with Gasteiger partial charge in [-0.2, -0.15) is 0 Å². The van der Waals surface area contributed by atoms with Crippen LogP contribution < -0.4 is 4.74 Å². The maximum atomic E-state index is 10.3. The minimum absolute atomic E-state index is 0.449. The molecule has 0 bridgehead atoms. The van der Waals surface area contributed by atoms with Crippen molar-refractivity contribution in [2.24, 2.45) is 0 Å². The summed E-state index contributed by atoms with van der Waals surface area (Å²) in [4.78, 5) is 4.29. The molecule has 4 heteroatoms. The molecule has 0 aliphatic rings. The van der Waals surface area contributed by atoms with Gasteiger partial charge in [-0.05, 0) is 30.7 Å². The van der Waals surface area contributed by atoms with Gasteiger partial charge in [-0.15, -0.1) is 0 Å². The van der Waals surface area contributed by atoms with Gasteiger partial charge in [-0.25, -0.2) is 0 Å². The van der Waals surface area contributed by atoms with Gasteiger partial charge in [0.1, 0.15) is 5.75 Å².